The van der Waals surface area contributed by atoms with E-state index in [0.717, 1.165) is 0 Å². The molecule has 1 saturated heterocycles. The number of halogens is 1. The van der Waals surface area contributed by atoms with Crippen LogP contribution in [-0.2, 0) is 4.74 Å². The molecule has 102 valence electrons. The molecule has 0 aliphatic carbocycles. The van der Waals surface area contributed by atoms with Crippen LogP contribution in [0.2, 0.25) is 5.15 Å². The highest BCUT2D eigenvalue weighted by molar-refractivity contribution is 6.33. The van der Waals surface area contributed by atoms with Gasteiger partial charge in [0.25, 0.3) is 0 Å². The Bertz CT molecular complexity index is 606. The molecule has 0 amide bonds. The number of hydrogen-bond donors (Lipinski definition) is 3. The highest BCUT2D eigenvalue weighted by Gasteiger charge is 2.44. The van der Waals surface area contributed by atoms with Gasteiger partial charge in [-0.1, -0.05) is 16.8 Å². The van der Waals surface area contributed by atoms with Crippen LogP contribution in [0, 0.1) is 0 Å². The van der Waals surface area contributed by atoms with E-state index in [1.807, 2.05) is 0 Å². The maximum atomic E-state index is 9.94. The minimum atomic E-state index is -1.24. The molecule has 2 aromatic heterocycles. The zero-order valence-electron chi connectivity index (χ0n) is 9.59. The summed E-state index contributed by atoms with van der Waals surface area (Å²) in [7, 11) is 0. The van der Waals surface area contributed by atoms with Crippen molar-refractivity contribution in [2.75, 3.05) is 6.61 Å². The first-order chi connectivity index (χ1) is 9.13. The van der Waals surface area contributed by atoms with E-state index >= 15 is 0 Å². The highest BCUT2D eigenvalue weighted by atomic mass is 35.5. The van der Waals surface area contributed by atoms with Crippen molar-refractivity contribution in [2.24, 2.45) is 0 Å². The Kier molecular flexibility index (Phi) is 3.11. The normalized spacial score (nSPS) is 31.2. The van der Waals surface area contributed by atoms with E-state index in [1.54, 1.807) is 6.07 Å². The third kappa shape index (κ3) is 1.88. The molecule has 3 heterocycles. The lowest BCUT2D eigenvalue weighted by atomic mass is 10.1. The average molecular weight is 287 g/mol. The Hall–Kier alpha value is -1.32. The number of fused-ring (bicyclic) bond motifs is 1. The van der Waals surface area contributed by atoms with Crippen LogP contribution in [0.1, 0.15) is 6.23 Å². The molecule has 0 unspecified atom stereocenters. The van der Waals surface area contributed by atoms with Crippen LogP contribution >= 0.6 is 11.6 Å². The fraction of sp³-hybridized carbons (Fsp3) is 0.500. The second-order valence-corrected chi connectivity index (χ2v) is 4.59. The molecule has 3 N–H and O–H groups in total. The van der Waals surface area contributed by atoms with Crippen molar-refractivity contribution in [3.05, 3.63) is 17.4 Å². The second kappa shape index (κ2) is 4.66. The van der Waals surface area contributed by atoms with Crippen LogP contribution in [0.15, 0.2) is 12.3 Å². The molecule has 1 aliphatic heterocycles. The summed E-state index contributed by atoms with van der Waals surface area (Å²) in [6, 6.07) is 1.62. The molecule has 1 fully saturated rings. The van der Waals surface area contributed by atoms with Crippen molar-refractivity contribution in [3.8, 4) is 0 Å². The predicted octanol–water partition coefficient (Wildman–Crippen LogP) is -0.909. The van der Waals surface area contributed by atoms with Crippen molar-refractivity contribution >= 4 is 22.6 Å². The van der Waals surface area contributed by atoms with Gasteiger partial charge in [-0.05, 0) is 6.07 Å². The lowest BCUT2D eigenvalue weighted by molar-refractivity contribution is -0.0572. The third-order valence-electron chi connectivity index (χ3n) is 3.09. The average Bonchev–Trinajstić information content (AvgIpc) is 2.94. The molecule has 0 radical (unpaired) electrons. The van der Waals surface area contributed by atoms with Crippen LogP contribution in [0.5, 0.6) is 0 Å². The third-order valence-corrected chi connectivity index (χ3v) is 3.37. The summed E-state index contributed by atoms with van der Waals surface area (Å²) in [5.74, 6) is 0. The smallest absolute Gasteiger partial charge is 0.181 e. The Morgan fingerprint density at radius 1 is 1.37 bits per heavy atom. The molecule has 0 spiro atoms. The van der Waals surface area contributed by atoms with Crippen LogP contribution < -0.4 is 0 Å². The van der Waals surface area contributed by atoms with E-state index in [1.165, 1.54) is 10.9 Å². The first-order valence-corrected chi connectivity index (χ1v) is 5.99. The summed E-state index contributed by atoms with van der Waals surface area (Å²) < 4.78 is 6.62. The van der Waals surface area contributed by atoms with Gasteiger partial charge in [-0.2, -0.15) is 0 Å². The predicted molar refractivity (Wildman–Crippen MR) is 63.3 cm³/mol. The Morgan fingerprint density at radius 2 is 2.16 bits per heavy atom. The van der Waals surface area contributed by atoms with Gasteiger partial charge in [-0.25, -0.2) is 9.67 Å². The first kappa shape index (κ1) is 12.7. The van der Waals surface area contributed by atoms with Gasteiger partial charge >= 0.3 is 0 Å². The number of aliphatic hydroxyl groups is 3. The summed E-state index contributed by atoms with van der Waals surface area (Å²) in [6.45, 7) is -0.409. The van der Waals surface area contributed by atoms with Gasteiger partial charge in [0.15, 0.2) is 11.4 Å². The lowest BCUT2D eigenvalue weighted by Gasteiger charge is -2.15. The van der Waals surface area contributed by atoms with Crippen LogP contribution in [0.4, 0.5) is 0 Å². The molecular formula is C10H11ClN4O4. The number of hydrogen-bond acceptors (Lipinski definition) is 7. The monoisotopic (exact) mass is 286 g/mol. The number of rotatable bonds is 2. The van der Waals surface area contributed by atoms with E-state index in [-0.39, 0.29) is 5.15 Å². The molecule has 19 heavy (non-hydrogen) atoms. The summed E-state index contributed by atoms with van der Waals surface area (Å²) in [5.41, 5.74) is 0.900. The first-order valence-electron chi connectivity index (χ1n) is 5.61. The van der Waals surface area contributed by atoms with Crippen molar-refractivity contribution < 1.29 is 20.1 Å². The maximum Gasteiger partial charge on any atom is 0.181 e. The van der Waals surface area contributed by atoms with Gasteiger partial charge in [-0.3, -0.25) is 0 Å². The van der Waals surface area contributed by atoms with Crippen molar-refractivity contribution in [1.29, 1.82) is 0 Å². The number of aromatic nitrogens is 4. The van der Waals surface area contributed by atoms with Crippen molar-refractivity contribution in [3.63, 3.8) is 0 Å². The number of pyridine rings is 1. The Labute approximate surface area is 112 Å². The zero-order chi connectivity index (χ0) is 13.6. The van der Waals surface area contributed by atoms with Crippen molar-refractivity contribution in [2.45, 2.75) is 24.5 Å². The molecule has 0 aromatic carbocycles. The largest absolute Gasteiger partial charge is 0.394 e. The van der Waals surface area contributed by atoms with E-state index in [2.05, 4.69) is 15.3 Å². The molecule has 0 saturated carbocycles. The quantitative estimate of drug-likeness (QED) is 0.613. The Balaban J connectivity index is 2.06. The standard InChI is InChI=1S/C10H11ClN4O4/c11-9-6-4(1-2-12-9)13-14-15(6)10-8(18)7(17)5(3-16)19-10/h1-2,5,7-8,10,16-18H,3H2/t5-,7-,8-,10-/m1/s1. The summed E-state index contributed by atoms with van der Waals surface area (Å²) >= 11 is 5.98. The fourth-order valence-electron chi connectivity index (χ4n) is 2.11. The van der Waals surface area contributed by atoms with Gasteiger partial charge in [0.2, 0.25) is 0 Å². The Morgan fingerprint density at radius 3 is 2.84 bits per heavy atom. The van der Waals surface area contributed by atoms with Crippen molar-refractivity contribution in [1.82, 2.24) is 20.0 Å². The second-order valence-electron chi connectivity index (χ2n) is 4.23. The molecule has 3 rings (SSSR count). The zero-order valence-corrected chi connectivity index (χ0v) is 10.3. The molecule has 9 heteroatoms. The number of aliphatic hydroxyl groups excluding tert-OH is 3. The SMILES string of the molecule is OC[C@H]1O[C@@H](n2nnc3ccnc(Cl)c32)[C@H](O)[C@@H]1O. The molecule has 0 bridgehead atoms. The maximum absolute atomic E-state index is 9.94. The summed E-state index contributed by atoms with van der Waals surface area (Å²) in [5, 5.41) is 36.6. The molecule has 4 atom stereocenters. The van der Waals surface area contributed by atoms with E-state index in [0.29, 0.717) is 11.0 Å². The minimum absolute atomic E-state index is 0.167. The van der Waals surface area contributed by atoms with E-state index in [4.69, 9.17) is 21.4 Å². The summed E-state index contributed by atoms with van der Waals surface area (Å²) in [6.07, 6.45) is -2.81. The lowest BCUT2D eigenvalue weighted by Crippen LogP contribution is -2.33. The highest BCUT2D eigenvalue weighted by Crippen LogP contribution is 2.32. The minimum Gasteiger partial charge on any atom is -0.394 e. The van der Waals surface area contributed by atoms with Crippen LogP contribution in [0.3, 0.4) is 0 Å². The molecular weight excluding hydrogens is 276 g/mol. The summed E-state index contributed by atoms with van der Waals surface area (Å²) in [4.78, 5) is 3.91. The van der Waals surface area contributed by atoms with E-state index in [9.17, 15) is 10.2 Å². The van der Waals surface area contributed by atoms with E-state index < -0.39 is 31.1 Å². The van der Waals surface area contributed by atoms with Gasteiger partial charge in [-0.15, -0.1) is 5.10 Å². The number of ether oxygens (including phenoxy) is 1. The molecule has 1 aliphatic rings. The van der Waals surface area contributed by atoms with Crippen LogP contribution in [0.25, 0.3) is 11.0 Å². The van der Waals surface area contributed by atoms with Gasteiger partial charge in [0.1, 0.15) is 29.3 Å². The van der Waals surface area contributed by atoms with Gasteiger partial charge in [0.05, 0.1) is 6.61 Å². The molecule has 2 aromatic rings. The van der Waals surface area contributed by atoms with Crippen LogP contribution in [-0.4, -0.2) is 60.2 Å². The molecule has 8 nitrogen and oxygen atoms in total. The van der Waals surface area contributed by atoms with Gasteiger partial charge in [0, 0.05) is 6.20 Å². The topological polar surface area (TPSA) is 114 Å². The number of nitrogens with zero attached hydrogens (tertiary/aromatic N) is 4. The van der Waals surface area contributed by atoms with Gasteiger partial charge < -0.3 is 20.1 Å². The fourth-order valence-corrected chi connectivity index (χ4v) is 2.35.